The van der Waals surface area contributed by atoms with Crippen molar-refractivity contribution >= 4 is 11.9 Å². The number of rotatable bonds is 18. The van der Waals surface area contributed by atoms with E-state index in [1.54, 1.807) is 0 Å². The second-order valence-electron chi connectivity index (χ2n) is 9.97. The van der Waals surface area contributed by atoms with E-state index < -0.39 is 0 Å². The van der Waals surface area contributed by atoms with Crippen LogP contribution in [0.1, 0.15) is 130 Å². The molecule has 1 rings (SSSR count). The molecule has 2 unspecified atom stereocenters. The Morgan fingerprint density at radius 1 is 0.710 bits per heavy atom. The molecule has 0 amide bonds. The van der Waals surface area contributed by atoms with Gasteiger partial charge in [-0.25, -0.2) is 0 Å². The van der Waals surface area contributed by atoms with Crippen molar-refractivity contribution in [1.29, 1.82) is 0 Å². The third-order valence-corrected chi connectivity index (χ3v) is 6.50. The molecule has 0 saturated heterocycles. The van der Waals surface area contributed by atoms with E-state index in [0.29, 0.717) is 19.6 Å². The van der Waals surface area contributed by atoms with Crippen LogP contribution in [0.3, 0.4) is 0 Å². The molecule has 4 nitrogen and oxygen atoms in total. The summed E-state index contributed by atoms with van der Waals surface area (Å²) in [6.07, 6.45) is 19.0. The summed E-state index contributed by atoms with van der Waals surface area (Å²) in [6.45, 7) is 7.76. The molecule has 0 aliphatic heterocycles. The third kappa shape index (κ3) is 14.6. The molecule has 0 heterocycles. The SMILES string of the molecule is CCCCCCCCCCCOC(=O)C1CCCC(C(=O)OCCCCCC(C)C)C1. The fraction of sp³-hybridized carbons (Fsp3) is 0.926. The Labute approximate surface area is 192 Å². The first kappa shape index (κ1) is 28.0. The monoisotopic (exact) mass is 438 g/mol. The molecule has 0 bridgehead atoms. The second kappa shape index (κ2) is 18.5. The first-order chi connectivity index (χ1) is 15.0. The van der Waals surface area contributed by atoms with Gasteiger partial charge in [0.25, 0.3) is 0 Å². The van der Waals surface area contributed by atoms with E-state index >= 15 is 0 Å². The minimum Gasteiger partial charge on any atom is -0.465 e. The summed E-state index contributed by atoms with van der Waals surface area (Å²) >= 11 is 0. The molecular weight excluding hydrogens is 388 g/mol. The van der Waals surface area contributed by atoms with Gasteiger partial charge in [0.15, 0.2) is 0 Å². The Balaban J connectivity index is 2.08. The molecule has 182 valence electrons. The lowest BCUT2D eigenvalue weighted by Gasteiger charge is -2.26. The van der Waals surface area contributed by atoms with Crippen molar-refractivity contribution in [2.24, 2.45) is 17.8 Å². The molecule has 0 N–H and O–H groups in total. The van der Waals surface area contributed by atoms with Crippen LogP contribution in [0.4, 0.5) is 0 Å². The van der Waals surface area contributed by atoms with Crippen molar-refractivity contribution in [3.8, 4) is 0 Å². The number of carbonyl (C=O) groups excluding carboxylic acids is 2. The molecule has 1 aliphatic carbocycles. The van der Waals surface area contributed by atoms with Crippen LogP contribution in [0.2, 0.25) is 0 Å². The fourth-order valence-electron chi connectivity index (χ4n) is 4.44. The van der Waals surface area contributed by atoms with Crippen molar-refractivity contribution in [2.45, 2.75) is 130 Å². The van der Waals surface area contributed by atoms with E-state index in [-0.39, 0.29) is 23.8 Å². The topological polar surface area (TPSA) is 52.6 Å². The summed E-state index contributed by atoms with van der Waals surface area (Å²) in [5.74, 6) is 0.262. The highest BCUT2D eigenvalue weighted by atomic mass is 16.5. The second-order valence-corrected chi connectivity index (χ2v) is 9.97. The van der Waals surface area contributed by atoms with Crippen LogP contribution in [0.15, 0.2) is 0 Å². The molecule has 0 radical (unpaired) electrons. The van der Waals surface area contributed by atoms with Gasteiger partial charge in [0.2, 0.25) is 0 Å². The highest BCUT2D eigenvalue weighted by Crippen LogP contribution is 2.31. The third-order valence-electron chi connectivity index (χ3n) is 6.50. The minimum atomic E-state index is -0.130. The Hall–Kier alpha value is -1.06. The number of esters is 2. The lowest BCUT2D eigenvalue weighted by atomic mass is 9.81. The largest absolute Gasteiger partial charge is 0.465 e. The van der Waals surface area contributed by atoms with Gasteiger partial charge in [-0.1, -0.05) is 97.8 Å². The van der Waals surface area contributed by atoms with Gasteiger partial charge in [-0.15, -0.1) is 0 Å². The van der Waals surface area contributed by atoms with Gasteiger partial charge >= 0.3 is 11.9 Å². The number of ether oxygens (including phenoxy) is 2. The zero-order valence-corrected chi connectivity index (χ0v) is 20.8. The van der Waals surface area contributed by atoms with E-state index in [2.05, 4.69) is 20.8 Å². The van der Waals surface area contributed by atoms with Gasteiger partial charge in [0, 0.05) is 0 Å². The van der Waals surface area contributed by atoms with Crippen LogP contribution in [-0.4, -0.2) is 25.2 Å². The number of hydrogen-bond acceptors (Lipinski definition) is 4. The number of unbranched alkanes of at least 4 members (excludes halogenated alkanes) is 10. The maximum absolute atomic E-state index is 12.4. The lowest BCUT2D eigenvalue weighted by Crippen LogP contribution is -2.30. The quantitative estimate of drug-likeness (QED) is 0.163. The molecule has 31 heavy (non-hydrogen) atoms. The summed E-state index contributed by atoms with van der Waals surface area (Å²) in [5, 5.41) is 0. The van der Waals surface area contributed by atoms with Crippen molar-refractivity contribution < 1.29 is 19.1 Å². The van der Waals surface area contributed by atoms with Crippen LogP contribution in [0.25, 0.3) is 0 Å². The molecular formula is C27H50O4. The maximum Gasteiger partial charge on any atom is 0.308 e. The highest BCUT2D eigenvalue weighted by Gasteiger charge is 2.32. The zero-order chi connectivity index (χ0) is 22.7. The fourth-order valence-corrected chi connectivity index (χ4v) is 4.44. The van der Waals surface area contributed by atoms with Gasteiger partial charge in [-0.05, 0) is 38.0 Å². The molecule has 0 aromatic rings. The van der Waals surface area contributed by atoms with Crippen LogP contribution in [0, 0.1) is 17.8 Å². The van der Waals surface area contributed by atoms with E-state index in [1.807, 2.05) is 0 Å². The number of hydrogen-bond donors (Lipinski definition) is 0. The van der Waals surface area contributed by atoms with Crippen LogP contribution in [-0.2, 0) is 19.1 Å². The van der Waals surface area contributed by atoms with E-state index in [0.717, 1.165) is 50.9 Å². The normalized spacial score (nSPS) is 18.8. The average Bonchev–Trinajstić information content (AvgIpc) is 2.77. The Kier molecular flexibility index (Phi) is 16.7. The van der Waals surface area contributed by atoms with Crippen LogP contribution < -0.4 is 0 Å². The van der Waals surface area contributed by atoms with E-state index in [9.17, 15) is 9.59 Å². The molecule has 1 saturated carbocycles. The van der Waals surface area contributed by atoms with Crippen molar-refractivity contribution in [3.05, 3.63) is 0 Å². The number of carbonyl (C=O) groups is 2. The summed E-state index contributed by atoms with van der Waals surface area (Å²) < 4.78 is 11.0. The summed E-state index contributed by atoms with van der Waals surface area (Å²) in [4.78, 5) is 24.8. The Morgan fingerprint density at radius 2 is 1.16 bits per heavy atom. The van der Waals surface area contributed by atoms with Gasteiger partial charge in [-0.3, -0.25) is 9.59 Å². The molecule has 0 aromatic heterocycles. The molecule has 1 aliphatic rings. The molecule has 1 fully saturated rings. The predicted octanol–water partition coefficient (Wildman–Crippen LogP) is 7.63. The standard InChI is InChI=1S/C27H50O4/c1-4-5-6-7-8-9-10-11-14-20-30-26(28)24-18-16-19-25(22-24)27(29)31-21-15-12-13-17-23(2)3/h23-25H,4-22H2,1-3H3. The highest BCUT2D eigenvalue weighted by molar-refractivity contribution is 5.76. The van der Waals surface area contributed by atoms with Gasteiger partial charge < -0.3 is 9.47 Å². The summed E-state index contributed by atoms with van der Waals surface area (Å²) in [5.41, 5.74) is 0. The van der Waals surface area contributed by atoms with Gasteiger partial charge in [-0.2, -0.15) is 0 Å². The lowest BCUT2D eigenvalue weighted by molar-refractivity contribution is -0.155. The van der Waals surface area contributed by atoms with Crippen molar-refractivity contribution in [3.63, 3.8) is 0 Å². The summed E-state index contributed by atoms with van der Waals surface area (Å²) in [6, 6.07) is 0. The van der Waals surface area contributed by atoms with Gasteiger partial charge in [0.05, 0.1) is 25.0 Å². The van der Waals surface area contributed by atoms with Gasteiger partial charge in [0.1, 0.15) is 0 Å². The molecule has 2 atom stereocenters. The Bertz CT molecular complexity index is 460. The smallest absolute Gasteiger partial charge is 0.308 e. The maximum atomic E-state index is 12.4. The van der Waals surface area contributed by atoms with Crippen molar-refractivity contribution in [2.75, 3.05) is 13.2 Å². The first-order valence-corrected chi connectivity index (χ1v) is 13.4. The van der Waals surface area contributed by atoms with E-state index in [1.165, 1.54) is 57.8 Å². The van der Waals surface area contributed by atoms with E-state index in [4.69, 9.17) is 9.47 Å². The van der Waals surface area contributed by atoms with Crippen molar-refractivity contribution in [1.82, 2.24) is 0 Å². The molecule has 4 heteroatoms. The van der Waals surface area contributed by atoms with Crippen LogP contribution >= 0.6 is 0 Å². The average molecular weight is 439 g/mol. The summed E-state index contributed by atoms with van der Waals surface area (Å²) in [7, 11) is 0. The predicted molar refractivity (Wildman–Crippen MR) is 128 cm³/mol. The zero-order valence-electron chi connectivity index (χ0n) is 20.8. The van der Waals surface area contributed by atoms with Crippen LogP contribution in [0.5, 0.6) is 0 Å². The Morgan fingerprint density at radius 3 is 1.65 bits per heavy atom. The minimum absolute atomic E-state index is 0.106. The molecule has 0 aromatic carbocycles. The molecule has 0 spiro atoms. The first-order valence-electron chi connectivity index (χ1n) is 13.4.